The van der Waals surface area contributed by atoms with Gasteiger partial charge in [0.05, 0.1) is 0 Å². The predicted octanol–water partition coefficient (Wildman–Crippen LogP) is 1.02. The van der Waals surface area contributed by atoms with Crippen LogP contribution in [0.4, 0.5) is 11.6 Å². The predicted molar refractivity (Wildman–Crippen MR) is 72.7 cm³/mol. The van der Waals surface area contributed by atoms with Crippen molar-refractivity contribution < 1.29 is 4.79 Å². The van der Waals surface area contributed by atoms with Gasteiger partial charge < -0.3 is 16.0 Å². The van der Waals surface area contributed by atoms with Crippen molar-refractivity contribution in [3.05, 3.63) is 11.9 Å². The van der Waals surface area contributed by atoms with Crippen LogP contribution in [-0.4, -0.2) is 36.0 Å². The molecule has 0 saturated carbocycles. The van der Waals surface area contributed by atoms with Gasteiger partial charge in [-0.05, 0) is 13.3 Å². The number of amides is 1. The second-order valence-electron chi connectivity index (χ2n) is 4.03. The Labute approximate surface area is 108 Å². The van der Waals surface area contributed by atoms with Crippen LogP contribution in [0, 0.1) is 0 Å². The van der Waals surface area contributed by atoms with E-state index in [1.165, 1.54) is 6.33 Å². The second-order valence-corrected chi connectivity index (χ2v) is 4.03. The van der Waals surface area contributed by atoms with E-state index in [0.717, 1.165) is 24.2 Å². The Morgan fingerprint density at radius 2 is 2.00 bits per heavy atom. The van der Waals surface area contributed by atoms with Crippen molar-refractivity contribution >= 4 is 17.5 Å². The molecule has 0 radical (unpaired) electrons. The molecule has 3 N–H and O–H groups in total. The molecule has 0 saturated heterocycles. The fourth-order valence-corrected chi connectivity index (χ4v) is 1.73. The zero-order valence-corrected chi connectivity index (χ0v) is 11.4. The van der Waals surface area contributed by atoms with Crippen molar-refractivity contribution in [3.63, 3.8) is 0 Å². The first kappa shape index (κ1) is 14.2. The normalized spacial score (nSPS) is 11.8. The molecule has 0 fully saturated rings. The number of rotatable bonds is 6. The van der Waals surface area contributed by atoms with E-state index in [2.05, 4.69) is 32.8 Å². The van der Waals surface area contributed by atoms with E-state index in [4.69, 9.17) is 0 Å². The van der Waals surface area contributed by atoms with E-state index in [9.17, 15) is 4.79 Å². The summed E-state index contributed by atoms with van der Waals surface area (Å²) in [5.74, 6) is 1.45. The monoisotopic (exact) mass is 251 g/mol. The lowest BCUT2D eigenvalue weighted by atomic mass is 10.1. The molecule has 1 amide bonds. The molecule has 1 rings (SSSR count). The summed E-state index contributed by atoms with van der Waals surface area (Å²) in [5, 5.41) is 8.77. The van der Waals surface area contributed by atoms with E-state index in [0.29, 0.717) is 5.82 Å². The molecule has 1 heterocycles. The average molecular weight is 251 g/mol. The van der Waals surface area contributed by atoms with Crippen LogP contribution in [0.1, 0.15) is 25.8 Å². The molecule has 6 nitrogen and oxygen atoms in total. The molecule has 1 aromatic heterocycles. The maximum Gasteiger partial charge on any atom is 0.241 e. The first-order valence-electron chi connectivity index (χ1n) is 6.13. The van der Waals surface area contributed by atoms with Gasteiger partial charge in [-0.25, -0.2) is 9.97 Å². The fraction of sp³-hybridized carbons (Fsp3) is 0.583. The van der Waals surface area contributed by atoms with Gasteiger partial charge in [0.25, 0.3) is 0 Å². The van der Waals surface area contributed by atoms with Crippen molar-refractivity contribution in [2.24, 2.45) is 0 Å². The molecule has 6 heteroatoms. The van der Waals surface area contributed by atoms with Crippen molar-refractivity contribution in [1.29, 1.82) is 0 Å². The minimum Gasteiger partial charge on any atom is -0.373 e. The highest BCUT2D eigenvalue weighted by atomic mass is 16.2. The van der Waals surface area contributed by atoms with E-state index >= 15 is 0 Å². The van der Waals surface area contributed by atoms with Crippen molar-refractivity contribution in [3.8, 4) is 0 Å². The van der Waals surface area contributed by atoms with Gasteiger partial charge in [0.1, 0.15) is 24.0 Å². The third-order valence-electron chi connectivity index (χ3n) is 2.68. The van der Waals surface area contributed by atoms with E-state index in [1.54, 1.807) is 14.0 Å². The summed E-state index contributed by atoms with van der Waals surface area (Å²) in [6.45, 7) is 3.90. The number of aromatic nitrogens is 2. The SMILES string of the molecule is CCCc1c(NC)ncnc1NC(C)C(=O)NC. The molecule has 18 heavy (non-hydrogen) atoms. The maximum absolute atomic E-state index is 11.5. The highest BCUT2D eigenvalue weighted by Crippen LogP contribution is 2.21. The molecule has 0 bridgehead atoms. The lowest BCUT2D eigenvalue weighted by Gasteiger charge is -2.17. The lowest BCUT2D eigenvalue weighted by molar-refractivity contribution is -0.121. The van der Waals surface area contributed by atoms with E-state index < -0.39 is 0 Å². The van der Waals surface area contributed by atoms with Gasteiger partial charge in [-0.2, -0.15) is 0 Å². The first-order chi connectivity index (χ1) is 8.63. The number of hydrogen-bond acceptors (Lipinski definition) is 5. The Hall–Kier alpha value is -1.85. The summed E-state index contributed by atoms with van der Waals surface area (Å²) in [7, 11) is 3.44. The molecule has 0 aliphatic heterocycles. The van der Waals surface area contributed by atoms with Gasteiger partial charge in [0.15, 0.2) is 0 Å². The lowest BCUT2D eigenvalue weighted by Crippen LogP contribution is -2.35. The number of likely N-dealkylation sites (N-methyl/N-ethyl adjacent to an activating group) is 1. The first-order valence-corrected chi connectivity index (χ1v) is 6.13. The summed E-state index contributed by atoms with van der Waals surface area (Å²) in [6, 6.07) is -0.329. The van der Waals surface area contributed by atoms with Crippen LogP contribution in [-0.2, 0) is 11.2 Å². The third-order valence-corrected chi connectivity index (χ3v) is 2.68. The minimum atomic E-state index is -0.329. The molecule has 1 aromatic rings. The topological polar surface area (TPSA) is 78.9 Å². The second kappa shape index (κ2) is 6.78. The molecule has 0 spiro atoms. The molecule has 0 aliphatic rings. The van der Waals surface area contributed by atoms with Gasteiger partial charge in [0.2, 0.25) is 5.91 Å². The van der Waals surface area contributed by atoms with Crippen LogP contribution < -0.4 is 16.0 Å². The van der Waals surface area contributed by atoms with Gasteiger partial charge in [-0.3, -0.25) is 4.79 Å². The Morgan fingerprint density at radius 3 is 2.56 bits per heavy atom. The Morgan fingerprint density at radius 1 is 1.33 bits per heavy atom. The number of hydrogen-bond donors (Lipinski definition) is 3. The zero-order chi connectivity index (χ0) is 13.5. The van der Waals surface area contributed by atoms with Crippen molar-refractivity contribution in [2.75, 3.05) is 24.7 Å². The van der Waals surface area contributed by atoms with Gasteiger partial charge in [-0.15, -0.1) is 0 Å². The Balaban J connectivity index is 2.96. The van der Waals surface area contributed by atoms with Crippen molar-refractivity contribution in [2.45, 2.75) is 32.7 Å². The fourth-order valence-electron chi connectivity index (χ4n) is 1.73. The standard InChI is InChI=1S/C12H21N5O/c1-5-6-9-10(13-3)15-7-16-11(9)17-8(2)12(18)14-4/h7-8H,5-6H2,1-4H3,(H,14,18)(H2,13,15,16,17). The van der Waals surface area contributed by atoms with Gasteiger partial charge in [0, 0.05) is 19.7 Å². The quantitative estimate of drug-likeness (QED) is 0.703. The smallest absolute Gasteiger partial charge is 0.241 e. The molecular weight excluding hydrogens is 230 g/mol. The molecule has 1 unspecified atom stereocenters. The Bertz CT molecular complexity index is 407. The molecule has 100 valence electrons. The van der Waals surface area contributed by atoms with Crippen LogP contribution in [0.15, 0.2) is 6.33 Å². The molecule has 1 atom stereocenters. The zero-order valence-electron chi connectivity index (χ0n) is 11.4. The van der Waals surface area contributed by atoms with Crippen LogP contribution in [0.5, 0.6) is 0 Å². The van der Waals surface area contributed by atoms with Crippen LogP contribution in [0.2, 0.25) is 0 Å². The molecule has 0 aliphatic carbocycles. The number of carbonyl (C=O) groups is 1. The molecule has 0 aromatic carbocycles. The summed E-state index contributed by atoms with van der Waals surface area (Å²) >= 11 is 0. The number of anilines is 2. The highest BCUT2D eigenvalue weighted by molar-refractivity contribution is 5.84. The maximum atomic E-state index is 11.5. The van der Waals surface area contributed by atoms with Crippen LogP contribution in [0.3, 0.4) is 0 Å². The van der Waals surface area contributed by atoms with Crippen LogP contribution in [0.25, 0.3) is 0 Å². The number of nitrogens with zero attached hydrogens (tertiary/aromatic N) is 2. The number of nitrogens with one attached hydrogen (secondary N) is 3. The minimum absolute atomic E-state index is 0.0675. The van der Waals surface area contributed by atoms with Crippen molar-refractivity contribution in [1.82, 2.24) is 15.3 Å². The van der Waals surface area contributed by atoms with Gasteiger partial charge >= 0.3 is 0 Å². The van der Waals surface area contributed by atoms with Gasteiger partial charge in [-0.1, -0.05) is 13.3 Å². The average Bonchev–Trinajstić information content (AvgIpc) is 2.39. The summed E-state index contributed by atoms with van der Waals surface area (Å²) < 4.78 is 0. The number of carbonyl (C=O) groups excluding carboxylic acids is 1. The molecular formula is C12H21N5O. The summed E-state index contributed by atoms with van der Waals surface area (Å²) in [6.07, 6.45) is 3.34. The largest absolute Gasteiger partial charge is 0.373 e. The third kappa shape index (κ3) is 3.32. The summed E-state index contributed by atoms with van der Waals surface area (Å²) in [5.41, 5.74) is 1.01. The summed E-state index contributed by atoms with van der Waals surface area (Å²) in [4.78, 5) is 19.9. The highest BCUT2D eigenvalue weighted by Gasteiger charge is 2.15. The van der Waals surface area contributed by atoms with Crippen LogP contribution >= 0.6 is 0 Å². The Kier molecular flexibility index (Phi) is 5.35. The van der Waals surface area contributed by atoms with E-state index in [-0.39, 0.29) is 11.9 Å². The van der Waals surface area contributed by atoms with E-state index in [1.807, 2.05) is 7.05 Å².